The van der Waals surface area contributed by atoms with Gasteiger partial charge in [-0.3, -0.25) is 0 Å². The van der Waals surface area contributed by atoms with Gasteiger partial charge in [0.25, 0.3) is 0 Å². The lowest BCUT2D eigenvalue weighted by atomic mass is 9.83. The van der Waals surface area contributed by atoms with Crippen LogP contribution < -0.4 is 0 Å². The Morgan fingerprint density at radius 2 is 0.871 bits per heavy atom. The Bertz CT molecular complexity index is 3250. The standard InChI is InChI=1S/C93H156O31/c1-52-25-31-70(120-92-87(104)88(112-17)81(110-15)50-114-92)43-64-21-19-23-66(118-64)47-77(108-13)58(7)74(97)39-62(95)42-80(61(10)86(103)55(4)30-34-69-46-73(107-12)38-57(6)117-69)123-84(101)36-28-53(2)26-32-71(121-93-90(124-91(105)76(99)49-94)89(113-18)82(111-16)51-115-93)44-65-22-20-24-67(119-65)48-78(109-14)59(8)75(98)40-63(96)41-79(122-83(100)35-27-52)60(9)85(102)54(3)29-33-68-45-72(106-11)37-56(5)116-68/h19-22,25-28,35-36,54-82,85-90,92-99,102-104H,23-24,29-34,37-51H2,1-18H3/b35-27+,36-28+,52-25?,53-26?/t54-,55-,56-,57-,58-,59-,60+,61+,62+,63+,64-,65-,66-,67-,68-,69-,70-,71-,72+,73+,74-,75-,76+,77-,78-,79-,80-,81-,82-,85-,86-,87-,88+,89+,90-,92+,93+/m0/s1. The van der Waals surface area contributed by atoms with Gasteiger partial charge in [-0.25, -0.2) is 14.4 Å². The molecule has 7 aliphatic heterocycles. The molecule has 31 heteroatoms. The van der Waals surface area contributed by atoms with Crippen molar-refractivity contribution in [2.24, 2.45) is 35.5 Å². The summed E-state index contributed by atoms with van der Waals surface area (Å²) < 4.78 is 117. The van der Waals surface area contributed by atoms with Gasteiger partial charge in [-0.1, -0.05) is 101 Å². The Morgan fingerprint density at radius 1 is 0.460 bits per heavy atom. The first-order valence-corrected chi connectivity index (χ1v) is 45.2. The number of rotatable bonds is 27. The van der Waals surface area contributed by atoms with Crippen LogP contribution in [0.1, 0.15) is 198 Å². The van der Waals surface area contributed by atoms with E-state index in [9.17, 15) is 60.3 Å². The molecule has 0 aromatic heterocycles. The quantitative estimate of drug-likeness (QED) is 0.0213. The van der Waals surface area contributed by atoms with Gasteiger partial charge in [-0.15, -0.1) is 0 Å². The number of esters is 3. The van der Waals surface area contributed by atoms with Gasteiger partial charge in [0.2, 0.25) is 0 Å². The van der Waals surface area contributed by atoms with Crippen molar-refractivity contribution in [2.75, 3.05) is 76.7 Å². The number of hydrogen-bond donors (Lipinski definition) is 9. The van der Waals surface area contributed by atoms with E-state index in [0.717, 1.165) is 19.3 Å². The van der Waals surface area contributed by atoms with Crippen LogP contribution in [0.4, 0.5) is 0 Å². The number of cyclic esters (lactones) is 2. The summed E-state index contributed by atoms with van der Waals surface area (Å²) in [5.41, 5.74) is 1.23. The van der Waals surface area contributed by atoms with E-state index in [0.29, 0.717) is 68.9 Å². The molecule has 124 heavy (non-hydrogen) atoms. The first-order valence-electron chi connectivity index (χ1n) is 45.2. The number of carbonyl (C=O) groups excluding carboxylic acids is 3. The smallest absolute Gasteiger partial charge is 0.337 e. The van der Waals surface area contributed by atoms with Crippen LogP contribution in [0, 0.1) is 35.5 Å². The van der Waals surface area contributed by atoms with Crippen molar-refractivity contribution in [2.45, 2.75) is 387 Å². The highest BCUT2D eigenvalue weighted by Gasteiger charge is 2.48. The zero-order valence-corrected chi connectivity index (χ0v) is 76.9. The maximum atomic E-state index is 14.4. The summed E-state index contributed by atoms with van der Waals surface area (Å²) in [5.74, 6) is -5.84. The third kappa shape index (κ3) is 33.9. The van der Waals surface area contributed by atoms with E-state index in [4.69, 9.17) is 90.0 Å². The Hall–Kier alpha value is -4.15. The average Bonchev–Trinajstić information content (AvgIpc) is 0.807. The molecule has 0 unspecified atom stereocenters. The predicted molar refractivity (Wildman–Crippen MR) is 458 cm³/mol. The van der Waals surface area contributed by atoms with Gasteiger partial charge >= 0.3 is 17.9 Å². The van der Waals surface area contributed by atoms with Crippen molar-refractivity contribution in [1.29, 1.82) is 0 Å². The molecule has 0 spiro atoms. The summed E-state index contributed by atoms with van der Waals surface area (Å²) in [6, 6.07) is 0. The minimum Gasteiger partial charge on any atom is -0.459 e. The van der Waals surface area contributed by atoms with Crippen LogP contribution in [0.15, 0.2) is 71.9 Å². The second kappa shape index (κ2) is 54.6. The van der Waals surface area contributed by atoms with Crippen molar-refractivity contribution in [3.05, 3.63) is 71.9 Å². The summed E-state index contributed by atoms with van der Waals surface area (Å²) in [7, 11) is 12.3. The molecule has 4 saturated heterocycles. The van der Waals surface area contributed by atoms with Gasteiger partial charge in [0.05, 0.1) is 142 Å². The molecule has 4 bridgehead atoms. The number of carbonyl (C=O) groups is 3. The normalized spacial score (nSPS) is 39.4. The fourth-order valence-electron chi connectivity index (χ4n) is 18.4. The lowest BCUT2D eigenvalue weighted by Gasteiger charge is -2.42. The maximum absolute atomic E-state index is 14.4. The van der Waals surface area contributed by atoms with E-state index in [1.165, 1.54) is 47.7 Å². The van der Waals surface area contributed by atoms with Crippen molar-refractivity contribution in [3.8, 4) is 0 Å². The highest BCUT2D eigenvalue weighted by Crippen LogP contribution is 2.38. The van der Waals surface area contributed by atoms with Gasteiger partial charge in [0.15, 0.2) is 24.8 Å². The van der Waals surface area contributed by atoms with Crippen LogP contribution in [0.25, 0.3) is 0 Å². The zero-order valence-electron chi connectivity index (χ0n) is 76.9. The summed E-state index contributed by atoms with van der Waals surface area (Å²) in [6.45, 7) is 17.8. The van der Waals surface area contributed by atoms with Crippen LogP contribution >= 0.6 is 0 Å². The lowest BCUT2D eigenvalue weighted by Crippen LogP contribution is -2.58. The molecule has 0 aliphatic carbocycles. The Labute approximate surface area is 736 Å². The molecule has 714 valence electrons. The Balaban J connectivity index is 1.21. The van der Waals surface area contributed by atoms with E-state index in [1.54, 1.807) is 54.3 Å². The highest BCUT2D eigenvalue weighted by molar-refractivity contribution is 5.83. The van der Waals surface area contributed by atoms with E-state index in [-0.39, 0.29) is 113 Å². The number of fused-ring (bicyclic) bond motifs is 4. The Morgan fingerprint density at radius 3 is 1.27 bits per heavy atom. The van der Waals surface area contributed by atoms with Gasteiger partial charge in [-0.05, 0) is 129 Å². The lowest BCUT2D eigenvalue weighted by molar-refractivity contribution is -0.296. The largest absolute Gasteiger partial charge is 0.459 e. The highest BCUT2D eigenvalue weighted by atomic mass is 16.7. The molecular weight excluding hydrogens is 1610 g/mol. The van der Waals surface area contributed by atoms with Crippen LogP contribution in [-0.2, 0) is 104 Å². The summed E-state index contributed by atoms with van der Waals surface area (Å²) in [5, 5.41) is 105. The van der Waals surface area contributed by atoms with E-state index in [1.807, 2.05) is 84.9 Å². The SMILES string of the molecule is CO[C@H]1C[C@H](CC[C@H](C)[C@H](O)[C@H](C)[C@@H]2C[C@H](O)C[C@H](O)[C@H](C)[C@@H](OC)C[C@@H]3CC=C[C@@H](C[C@@H](O[C@H]4OC[C@H](OC)[C@@H](OC)[C@@H]4O)CC=C(C)/C=C/C(=O)O[C@H]([C@@H](C)[C@@H](O)[C@@H](C)CC[C@H]4C[C@H](OC)C[C@H](C)O4)C[C@H](O)C[C@H](O)[C@H](C)[C@@H](OC)C[C@@H]4CC=C[C@@H](C[C@@H](O[C@H]5OC[C@H](OC)[C@@H](OC)[C@@H]5OC(=O)[C@H](O)CO)CC=C(C)/C=C/C(=O)O2)O4)O3)O[C@@H](C)C1. The molecule has 7 aliphatic rings. The molecule has 7 rings (SSSR count). The fraction of sp³-hybridized carbons (Fsp3) is 0.839. The van der Waals surface area contributed by atoms with Gasteiger partial charge in [-0.2, -0.15) is 0 Å². The molecule has 37 atom stereocenters. The molecule has 9 N–H and O–H groups in total. The molecule has 31 nitrogen and oxygen atoms in total. The molecule has 0 saturated carbocycles. The summed E-state index contributed by atoms with van der Waals surface area (Å²) in [4.78, 5) is 41.9. The molecule has 4 fully saturated rings. The van der Waals surface area contributed by atoms with Crippen molar-refractivity contribution in [3.63, 3.8) is 0 Å². The number of allylic oxidation sites excluding steroid dienone is 4. The second-order valence-electron chi connectivity index (χ2n) is 36.1. The topological polar surface area (TPSA) is 409 Å². The Kier molecular flexibility index (Phi) is 47.1. The number of aliphatic hydroxyl groups excluding tert-OH is 9. The molecule has 0 amide bonds. The maximum Gasteiger partial charge on any atom is 0.337 e. The summed E-state index contributed by atoms with van der Waals surface area (Å²) >= 11 is 0. The van der Waals surface area contributed by atoms with Crippen LogP contribution in [-0.4, -0.2) is 330 Å². The minimum atomic E-state index is -1.89. The molecule has 7 heterocycles. The number of methoxy groups -OCH3 is 8. The van der Waals surface area contributed by atoms with E-state index < -0.39 is 201 Å². The van der Waals surface area contributed by atoms with Crippen molar-refractivity contribution >= 4 is 17.9 Å². The summed E-state index contributed by atoms with van der Waals surface area (Å²) in [6.07, 6.45) is 0.924. The first kappa shape index (κ1) is 107. The average molecular weight is 1770 g/mol. The van der Waals surface area contributed by atoms with Gasteiger partial charge < -0.3 is 136 Å². The van der Waals surface area contributed by atoms with Crippen molar-refractivity contribution < 1.29 is 150 Å². The van der Waals surface area contributed by atoms with E-state index >= 15 is 0 Å². The van der Waals surface area contributed by atoms with Crippen LogP contribution in [0.2, 0.25) is 0 Å². The van der Waals surface area contributed by atoms with E-state index in [2.05, 4.69) is 0 Å². The zero-order chi connectivity index (χ0) is 91.0. The van der Waals surface area contributed by atoms with Crippen LogP contribution in [0.5, 0.6) is 0 Å². The predicted octanol–water partition coefficient (Wildman–Crippen LogP) is 8.06. The molecule has 0 radical (unpaired) electrons. The molecule has 0 aromatic carbocycles. The van der Waals surface area contributed by atoms with Gasteiger partial charge in [0, 0.05) is 131 Å². The monoisotopic (exact) mass is 1770 g/mol. The van der Waals surface area contributed by atoms with Gasteiger partial charge in [0.1, 0.15) is 42.7 Å². The number of aliphatic hydroxyl groups is 9. The van der Waals surface area contributed by atoms with Crippen LogP contribution in [0.3, 0.4) is 0 Å². The van der Waals surface area contributed by atoms with Crippen molar-refractivity contribution in [1.82, 2.24) is 0 Å². The molecule has 0 aromatic rings. The second-order valence-corrected chi connectivity index (χ2v) is 36.1. The fourth-order valence-corrected chi connectivity index (χ4v) is 18.4. The molecular formula is C93H156O31. The third-order valence-corrected chi connectivity index (χ3v) is 26.5. The third-order valence-electron chi connectivity index (χ3n) is 26.5. The number of hydrogen-bond acceptors (Lipinski definition) is 31. The number of ether oxygens (including phenoxy) is 19. The minimum absolute atomic E-state index is 0.000978. The first-order chi connectivity index (χ1) is 59.1.